The van der Waals surface area contributed by atoms with Crippen LogP contribution in [-0.2, 0) is 20.8 Å². The number of nitrogens with two attached hydrogens (primary N) is 4. The van der Waals surface area contributed by atoms with E-state index in [2.05, 4.69) is 27.9 Å². The molecule has 1 aromatic rings. The third-order valence-corrected chi connectivity index (χ3v) is 3.53. The summed E-state index contributed by atoms with van der Waals surface area (Å²) in [6.45, 7) is 0.482. The number of imidazole rings is 1. The van der Waals surface area contributed by atoms with Gasteiger partial charge in [0.1, 0.15) is 18.1 Å². The Morgan fingerprint density at radius 1 is 1.10 bits per heavy atom. The maximum atomic E-state index is 10.3. The van der Waals surface area contributed by atoms with Crippen molar-refractivity contribution in [1.29, 1.82) is 5.41 Å². The lowest BCUT2D eigenvalue weighted by molar-refractivity contribution is -0.139. The first kappa shape index (κ1) is 29.3. The minimum atomic E-state index is -1.01. The van der Waals surface area contributed by atoms with E-state index in [1.54, 1.807) is 6.20 Å². The molecule has 3 atom stereocenters. The second-order valence-electron chi connectivity index (χ2n) is 5.76. The molecule has 1 rings (SSSR count). The average Bonchev–Trinajstić information content (AvgIpc) is 3.17. The van der Waals surface area contributed by atoms with Gasteiger partial charge in [-0.25, -0.2) is 4.98 Å². The molecule has 0 aromatic carbocycles. The van der Waals surface area contributed by atoms with E-state index in [9.17, 15) is 14.4 Å². The number of hydrogen-bond acceptors (Lipinski definition) is 9. The zero-order valence-corrected chi connectivity index (χ0v) is 17.1. The van der Waals surface area contributed by atoms with E-state index in [0.717, 1.165) is 0 Å². The number of hydrogen-bond donors (Lipinski definition) is 11. The molecule has 0 saturated heterocycles. The predicted molar refractivity (Wildman–Crippen MR) is 112 cm³/mol. The highest BCUT2D eigenvalue weighted by Gasteiger charge is 2.12. The number of aliphatic carboxylic acids is 3. The van der Waals surface area contributed by atoms with E-state index in [4.69, 9.17) is 43.7 Å². The van der Waals surface area contributed by atoms with Crippen molar-refractivity contribution in [2.75, 3.05) is 12.3 Å². The fourth-order valence-corrected chi connectivity index (χ4v) is 1.62. The van der Waals surface area contributed by atoms with Crippen molar-refractivity contribution in [3.8, 4) is 0 Å². The van der Waals surface area contributed by atoms with Crippen LogP contribution in [0, 0.1) is 5.41 Å². The standard InChI is InChI=1S/C6H14N4O2.C6H9N3O2.C3H7NO2S/c7-4(5(11)12)2-1-3-10-6(8)9;7-5(6(10)11)1-4-2-8-3-9-4;4-2(1-7)3(5)6/h4H,1-3,7H2,(H,11,12)(H4,8,9,10);2-3,5H,1,7H2,(H,8,9)(H,10,11);2,7H,1,4H2,(H,5,6)/t4-;5-;2-/m000/s1. The van der Waals surface area contributed by atoms with Crippen LogP contribution >= 0.6 is 12.6 Å². The third kappa shape index (κ3) is 17.2. The Balaban J connectivity index is 0. The van der Waals surface area contributed by atoms with Crippen molar-refractivity contribution in [2.24, 2.45) is 22.9 Å². The maximum Gasteiger partial charge on any atom is 0.321 e. The number of thiol groups is 1. The van der Waals surface area contributed by atoms with Crippen LogP contribution in [-0.4, -0.2) is 79.6 Å². The number of nitrogens with one attached hydrogen (secondary N) is 3. The van der Waals surface area contributed by atoms with E-state index in [1.807, 2.05) is 0 Å². The topological polar surface area (TPSA) is 281 Å². The summed E-state index contributed by atoms with van der Waals surface area (Å²) in [5.41, 5.74) is 21.1. The van der Waals surface area contributed by atoms with Crippen LogP contribution in [0.3, 0.4) is 0 Å². The fourth-order valence-electron chi connectivity index (χ4n) is 1.46. The van der Waals surface area contributed by atoms with Crippen LogP contribution in [0.5, 0.6) is 0 Å². The summed E-state index contributed by atoms with van der Waals surface area (Å²) in [6.07, 6.45) is 4.36. The molecule has 0 fully saturated rings. The van der Waals surface area contributed by atoms with Crippen molar-refractivity contribution in [2.45, 2.75) is 37.4 Å². The number of carbonyl (C=O) groups is 3. The van der Waals surface area contributed by atoms with Crippen molar-refractivity contribution in [1.82, 2.24) is 15.3 Å². The number of nitrogens with zero attached hydrogens (tertiary/aromatic N) is 1. The zero-order chi connectivity index (χ0) is 23.7. The van der Waals surface area contributed by atoms with Gasteiger partial charge in [0.15, 0.2) is 5.96 Å². The van der Waals surface area contributed by atoms with Gasteiger partial charge in [0.05, 0.1) is 12.0 Å². The van der Waals surface area contributed by atoms with E-state index in [0.29, 0.717) is 25.1 Å². The summed E-state index contributed by atoms with van der Waals surface area (Å²) in [5, 5.41) is 34.1. The first-order chi connectivity index (χ1) is 13.9. The van der Waals surface area contributed by atoms with Gasteiger partial charge in [-0.15, -0.1) is 0 Å². The van der Waals surface area contributed by atoms with Gasteiger partial charge in [-0.3, -0.25) is 19.8 Å². The molecule has 30 heavy (non-hydrogen) atoms. The molecule has 0 saturated carbocycles. The fraction of sp³-hybridized carbons (Fsp3) is 0.533. The van der Waals surface area contributed by atoms with Crippen LogP contribution in [0.4, 0.5) is 0 Å². The maximum absolute atomic E-state index is 10.3. The zero-order valence-electron chi connectivity index (χ0n) is 16.2. The van der Waals surface area contributed by atoms with Crippen molar-refractivity contribution < 1.29 is 29.7 Å². The molecule has 172 valence electrons. The number of aromatic amines is 1. The molecule has 0 aliphatic carbocycles. The summed E-state index contributed by atoms with van der Waals surface area (Å²) in [4.78, 5) is 36.8. The van der Waals surface area contributed by atoms with E-state index in [-0.39, 0.29) is 18.1 Å². The monoisotopic (exact) mass is 450 g/mol. The number of rotatable bonds is 10. The molecular weight excluding hydrogens is 420 g/mol. The second kappa shape index (κ2) is 17.0. The first-order valence-corrected chi connectivity index (χ1v) is 9.17. The Kier molecular flexibility index (Phi) is 16.6. The van der Waals surface area contributed by atoms with Crippen LogP contribution in [0.1, 0.15) is 18.5 Å². The highest BCUT2D eigenvalue weighted by Crippen LogP contribution is 1.95. The minimum absolute atomic E-state index is 0.112. The van der Waals surface area contributed by atoms with Gasteiger partial charge in [0.2, 0.25) is 0 Å². The van der Waals surface area contributed by atoms with E-state index < -0.39 is 36.0 Å². The van der Waals surface area contributed by atoms with Crippen molar-refractivity contribution in [3.63, 3.8) is 0 Å². The Morgan fingerprint density at radius 3 is 1.97 bits per heavy atom. The van der Waals surface area contributed by atoms with Gasteiger partial charge in [-0.2, -0.15) is 12.6 Å². The Morgan fingerprint density at radius 2 is 1.63 bits per heavy atom. The molecule has 0 bridgehead atoms. The summed E-state index contributed by atoms with van der Waals surface area (Å²) in [6, 6.07) is -2.50. The van der Waals surface area contributed by atoms with Crippen LogP contribution < -0.4 is 28.3 Å². The highest BCUT2D eigenvalue weighted by atomic mass is 32.1. The Bertz CT molecular complexity index is 645. The van der Waals surface area contributed by atoms with Crippen molar-refractivity contribution >= 4 is 36.5 Å². The predicted octanol–water partition coefficient (Wildman–Crippen LogP) is -2.65. The summed E-state index contributed by atoms with van der Waals surface area (Å²) in [5.74, 6) is -2.94. The lowest BCUT2D eigenvalue weighted by Gasteiger charge is -2.06. The Hall–Kier alpha value is -2.88. The van der Waals surface area contributed by atoms with E-state index in [1.165, 1.54) is 6.33 Å². The number of H-pyrrole nitrogens is 1. The number of carboxylic acid groups (broad SMARTS) is 3. The summed E-state index contributed by atoms with van der Waals surface area (Å²) in [7, 11) is 0. The third-order valence-electron chi connectivity index (χ3n) is 3.14. The molecular formula is C15H30N8O6S. The molecule has 0 amide bonds. The average molecular weight is 451 g/mol. The molecule has 1 heterocycles. The molecule has 0 aliphatic rings. The molecule has 0 spiro atoms. The van der Waals surface area contributed by atoms with Crippen LogP contribution in [0.25, 0.3) is 0 Å². The van der Waals surface area contributed by atoms with E-state index >= 15 is 0 Å². The number of aromatic nitrogens is 2. The van der Waals surface area contributed by atoms with Gasteiger partial charge < -0.3 is 48.6 Å². The van der Waals surface area contributed by atoms with Gasteiger partial charge in [-0.05, 0) is 12.8 Å². The molecule has 14 N–H and O–H groups in total. The van der Waals surface area contributed by atoms with Crippen LogP contribution in [0.2, 0.25) is 0 Å². The second-order valence-corrected chi connectivity index (χ2v) is 6.13. The van der Waals surface area contributed by atoms with Gasteiger partial charge in [-0.1, -0.05) is 0 Å². The molecule has 0 aliphatic heterocycles. The van der Waals surface area contributed by atoms with Crippen molar-refractivity contribution in [3.05, 3.63) is 18.2 Å². The molecule has 15 heteroatoms. The summed E-state index contributed by atoms with van der Waals surface area (Å²) < 4.78 is 0. The van der Waals surface area contributed by atoms with Gasteiger partial charge in [0.25, 0.3) is 0 Å². The smallest absolute Gasteiger partial charge is 0.321 e. The number of guanidine groups is 1. The normalized spacial score (nSPS) is 12.7. The lowest BCUT2D eigenvalue weighted by atomic mass is 10.2. The summed E-state index contributed by atoms with van der Waals surface area (Å²) >= 11 is 3.65. The first-order valence-electron chi connectivity index (χ1n) is 8.53. The highest BCUT2D eigenvalue weighted by molar-refractivity contribution is 7.80. The largest absolute Gasteiger partial charge is 0.480 e. The quantitative estimate of drug-likeness (QED) is 0.0754. The lowest BCUT2D eigenvalue weighted by Crippen LogP contribution is -2.34. The van der Waals surface area contributed by atoms with Crippen LogP contribution in [0.15, 0.2) is 12.5 Å². The number of carboxylic acids is 3. The SMILES string of the molecule is N=C(N)NCCC[C@H](N)C(=O)O.N[C@@H](CS)C(=O)O.N[C@@H](Cc1c[nH]cn1)C(=O)O. The van der Waals surface area contributed by atoms with Gasteiger partial charge >= 0.3 is 17.9 Å². The molecule has 0 unspecified atom stereocenters. The Labute approximate surface area is 178 Å². The molecule has 1 aromatic heterocycles. The van der Waals surface area contributed by atoms with Gasteiger partial charge in [0, 0.05) is 24.9 Å². The molecule has 14 nitrogen and oxygen atoms in total. The molecule has 0 radical (unpaired) electrons. The minimum Gasteiger partial charge on any atom is -0.480 e.